The van der Waals surface area contributed by atoms with Crippen LogP contribution in [0, 0.1) is 0 Å². The van der Waals surface area contributed by atoms with E-state index in [1.807, 2.05) is 60.7 Å². The van der Waals surface area contributed by atoms with E-state index in [4.69, 9.17) is 9.47 Å². The Morgan fingerprint density at radius 2 is 1.78 bits per heavy atom. The standard InChI is InChI=1S/C30H27N5O5S/c1-2-18-7-10-20(11-8-18)32-27(37)16-41-30-34-22-6-4-3-5-21(22)28-33-23(29(38)35(28)30)14-26(36)31-15-19-9-12-24-25(13-19)40-17-39-24/h3-13,23H,2,14-17H2,1H3,(H,31,36)(H,32,37)/t23-/m0/s1. The lowest BCUT2D eigenvalue weighted by Gasteiger charge is -2.25. The van der Waals surface area contributed by atoms with Gasteiger partial charge in [-0.2, -0.15) is 0 Å². The molecule has 41 heavy (non-hydrogen) atoms. The van der Waals surface area contributed by atoms with E-state index in [1.54, 1.807) is 6.07 Å². The average Bonchev–Trinajstić information content (AvgIpc) is 3.59. The molecule has 6 rings (SSSR count). The van der Waals surface area contributed by atoms with E-state index in [9.17, 15) is 14.4 Å². The number of fused-ring (bicyclic) bond motifs is 4. The summed E-state index contributed by atoms with van der Waals surface area (Å²) in [7, 11) is 0. The molecule has 3 aliphatic heterocycles. The smallest absolute Gasteiger partial charge is 0.259 e. The van der Waals surface area contributed by atoms with Crippen LogP contribution < -0.4 is 20.1 Å². The fraction of sp³-hybridized carbons (Fsp3) is 0.233. The zero-order valence-corrected chi connectivity index (χ0v) is 23.1. The van der Waals surface area contributed by atoms with Crippen LogP contribution in [0.15, 0.2) is 76.7 Å². The van der Waals surface area contributed by atoms with Gasteiger partial charge in [-0.15, -0.1) is 0 Å². The summed E-state index contributed by atoms with van der Waals surface area (Å²) in [6, 6.07) is 19.6. The van der Waals surface area contributed by atoms with Crippen LogP contribution in [0.4, 0.5) is 11.4 Å². The monoisotopic (exact) mass is 569 g/mol. The number of benzene rings is 3. The van der Waals surface area contributed by atoms with Gasteiger partial charge >= 0.3 is 0 Å². The molecule has 3 aliphatic rings. The molecule has 0 bridgehead atoms. The summed E-state index contributed by atoms with van der Waals surface area (Å²) in [4.78, 5) is 49.7. The Morgan fingerprint density at radius 1 is 1.00 bits per heavy atom. The Hall–Kier alpha value is -4.64. The first-order chi connectivity index (χ1) is 20.0. The van der Waals surface area contributed by atoms with E-state index in [-0.39, 0.29) is 43.2 Å². The Bertz CT molecular complexity index is 1590. The fourth-order valence-electron chi connectivity index (χ4n) is 4.68. The van der Waals surface area contributed by atoms with Gasteiger partial charge in [-0.05, 0) is 53.9 Å². The van der Waals surface area contributed by atoms with Crippen molar-refractivity contribution in [3.05, 3.63) is 83.4 Å². The van der Waals surface area contributed by atoms with Crippen LogP contribution in [0.3, 0.4) is 0 Å². The van der Waals surface area contributed by atoms with Gasteiger partial charge in [0.2, 0.25) is 18.6 Å². The van der Waals surface area contributed by atoms with Crippen LogP contribution in [0.2, 0.25) is 0 Å². The largest absolute Gasteiger partial charge is 0.454 e. The molecular weight excluding hydrogens is 542 g/mol. The van der Waals surface area contributed by atoms with Crippen molar-refractivity contribution in [2.24, 2.45) is 9.98 Å². The maximum atomic E-state index is 13.5. The summed E-state index contributed by atoms with van der Waals surface area (Å²) in [6.45, 7) is 2.52. The van der Waals surface area contributed by atoms with Crippen LogP contribution in [0.5, 0.6) is 11.5 Å². The second-order valence-corrected chi connectivity index (χ2v) is 10.6. The molecule has 10 nitrogen and oxygen atoms in total. The second-order valence-electron chi connectivity index (χ2n) is 9.61. The highest BCUT2D eigenvalue weighted by Gasteiger charge is 2.42. The zero-order valence-electron chi connectivity index (χ0n) is 22.3. The van der Waals surface area contributed by atoms with E-state index in [2.05, 4.69) is 27.5 Å². The number of hydrogen-bond donors (Lipinski definition) is 2. The molecule has 0 fully saturated rings. The molecule has 3 aromatic rings. The number of rotatable bonds is 8. The number of amidine groups is 2. The van der Waals surface area contributed by atoms with Crippen molar-refractivity contribution in [2.45, 2.75) is 32.4 Å². The first-order valence-electron chi connectivity index (χ1n) is 13.2. The summed E-state index contributed by atoms with van der Waals surface area (Å²) >= 11 is 1.15. The maximum Gasteiger partial charge on any atom is 0.259 e. The number of amides is 3. The van der Waals surface area contributed by atoms with E-state index < -0.39 is 6.04 Å². The molecule has 3 aromatic carbocycles. The first-order valence-corrected chi connectivity index (χ1v) is 14.2. The number of aryl methyl sites for hydroxylation is 1. The molecule has 3 amide bonds. The number of nitrogens with one attached hydrogen (secondary N) is 2. The number of carbonyl (C=O) groups excluding carboxylic acids is 3. The summed E-state index contributed by atoms with van der Waals surface area (Å²) in [5.41, 5.74) is 4.09. The summed E-state index contributed by atoms with van der Waals surface area (Å²) < 4.78 is 10.7. The van der Waals surface area contributed by atoms with Gasteiger partial charge in [-0.25, -0.2) is 9.89 Å². The molecule has 3 heterocycles. The Balaban J connectivity index is 1.11. The molecule has 0 saturated heterocycles. The number of anilines is 1. The highest BCUT2D eigenvalue weighted by molar-refractivity contribution is 8.14. The predicted molar refractivity (Wildman–Crippen MR) is 157 cm³/mol. The minimum absolute atomic E-state index is 0.0499. The number of carbonyl (C=O) groups is 3. The highest BCUT2D eigenvalue weighted by Crippen LogP contribution is 2.34. The molecule has 0 unspecified atom stereocenters. The molecule has 0 aromatic heterocycles. The molecule has 0 radical (unpaired) electrons. The van der Waals surface area contributed by atoms with Crippen molar-refractivity contribution in [3.63, 3.8) is 0 Å². The lowest BCUT2D eigenvalue weighted by atomic mass is 10.1. The van der Waals surface area contributed by atoms with Crippen LogP contribution in [-0.4, -0.2) is 52.2 Å². The van der Waals surface area contributed by atoms with E-state index in [0.717, 1.165) is 23.7 Å². The molecular formula is C30H27N5O5S. The van der Waals surface area contributed by atoms with Crippen molar-refractivity contribution in [2.75, 3.05) is 17.9 Å². The van der Waals surface area contributed by atoms with Gasteiger partial charge in [-0.3, -0.25) is 19.4 Å². The first kappa shape index (κ1) is 26.6. The van der Waals surface area contributed by atoms with Gasteiger partial charge < -0.3 is 20.1 Å². The summed E-state index contributed by atoms with van der Waals surface area (Å²) in [5, 5.41) is 6.09. The van der Waals surface area contributed by atoms with Crippen LogP contribution in [-0.2, 0) is 27.3 Å². The van der Waals surface area contributed by atoms with Crippen LogP contribution in [0.1, 0.15) is 30.0 Å². The van der Waals surface area contributed by atoms with Gasteiger partial charge in [-0.1, -0.05) is 49.0 Å². The molecule has 0 saturated carbocycles. The number of ether oxygens (including phenoxy) is 2. The normalized spacial score (nSPS) is 16.5. The Labute approximate surface area is 240 Å². The second kappa shape index (κ2) is 11.5. The number of thioether (sulfide) groups is 1. The number of para-hydroxylation sites is 1. The third-order valence-electron chi connectivity index (χ3n) is 6.83. The predicted octanol–water partition coefficient (Wildman–Crippen LogP) is 4.01. The van der Waals surface area contributed by atoms with Gasteiger partial charge in [0.15, 0.2) is 16.7 Å². The lowest BCUT2D eigenvalue weighted by Crippen LogP contribution is -2.42. The van der Waals surface area contributed by atoms with E-state index in [1.165, 1.54) is 10.5 Å². The molecule has 208 valence electrons. The molecule has 0 spiro atoms. The summed E-state index contributed by atoms with van der Waals surface area (Å²) in [6.07, 6.45) is 0.805. The van der Waals surface area contributed by atoms with E-state index in [0.29, 0.717) is 39.4 Å². The van der Waals surface area contributed by atoms with E-state index >= 15 is 0 Å². The topological polar surface area (TPSA) is 122 Å². The minimum atomic E-state index is -0.899. The third kappa shape index (κ3) is 5.66. The van der Waals surface area contributed by atoms with Crippen molar-refractivity contribution < 1.29 is 23.9 Å². The van der Waals surface area contributed by atoms with Gasteiger partial charge in [0.1, 0.15) is 11.9 Å². The van der Waals surface area contributed by atoms with Gasteiger partial charge in [0.25, 0.3) is 5.91 Å². The van der Waals surface area contributed by atoms with Crippen LogP contribution in [0.25, 0.3) is 0 Å². The number of aliphatic imine (C=N–C) groups is 2. The quantitative estimate of drug-likeness (QED) is 0.423. The Morgan fingerprint density at radius 3 is 2.61 bits per heavy atom. The number of nitrogens with zero attached hydrogens (tertiary/aromatic N) is 3. The van der Waals surface area contributed by atoms with Crippen molar-refractivity contribution in [1.29, 1.82) is 0 Å². The van der Waals surface area contributed by atoms with Crippen LogP contribution >= 0.6 is 11.8 Å². The van der Waals surface area contributed by atoms with Crippen molar-refractivity contribution in [3.8, 4) is 11.5 Å². The molecule has 11 heteroatoms. The van der Waals surface area contributed by atoms with Gasteiger partial charge in [0.05, 0.1) is 17.9 Å². The molecule has 0 aliphatic carbocycles. The summed E-state index contributed by atoms with van der Waals surface area (Å²) in [5.74, 6) is 0.916. The highest BCUT2D eigenvalue weighted by atomic mass is 32.2. The average molecular weight is 570 g/mol. The third-order valence-corrected chi connectivity index (χ3v) is 7.77. The Kier molecular flexibility index (Phi) is 7.43. The maximum absolute atomic E-state index is 13.5. The minimum Gasteiger partial charge on any atom is -0.454 e. The SMILES string of the molecule is CCc1ccc(NC(=O)CSC2=Nc3ccccc3C3=N[C@@H](CC(=O)NCc4ccc5c(c4)OCO5)C(=O)N23)cc1. The van der Waals surface area contributed by atoms with Gasteiger partial charge in [0, 0.05) is 17.8 Å². The zero-order chi connectivity index (χ0) is 28.3. The van der Waals surface area contributed by atoms with Crippen molar-refractivity contribution in [1.82, 2.24) is 10.2 Å². The van der Waals surface area contributed by atoms with Crippen molar-refractivity contribution >= 4 is 51.9 Å². The molecule has 2 N–H and O–H groups in total. The lowest BCUT2D eigenvalue weighted by molar-refractivity contribution is -0.128. The fourth-order valence-corrected chi connectivity index (χ4v) is 5.48. The number of hydrogen-bond acceptors (Lipinski definition) is 8. The molecule has 1 atom stereocenters.